The molecule has 5 aromatic rings. The lowest BCUT2D eigenvalue weighted by molar-refractivity contribution is -0.140. The Morgan fingerprint density at radius 2 is 1.90 bits per heavy atom. The number of pyridine rings is 1. The van der Waals surface area contributed by atoms with Gasteiger partial charge in [0.25, 0.3) is 5.88 Å². The number of halogens is 6. The molecule has 1 aliphatic carbocycles. The zero-order valence-corrected chi connectivity index (χ0v) is 20.9. The molecule has 212 valence electrons. The fourth-order valence-corrected chi connectivity index (χ4v) is 4.17. The maximum atomic E-state index is 14.9. The molecule has 0 atom stereocenters. The first kappa shape index (κ1) is 26.5. The largest absolute Gasteiger partial charge is 0.470 e. The van der Waals surface area contributed by atoms with Gasteiger partial charge in [0.1, 0.15) is 29.7 Å². The molecular formula is C25H17F6N7O3. The number of ether oxygens (including phenoxy) is 2. The molecule has 0 saturated heterocycles. The topological polar surface area (TPSA) is 114 Å². The highest BCUT2D eigenvalue weighted by molar-refractivity contribution is 5.81. The zero-order valence-electron chi connectivity index (χ0n) is 20.9. The molecule has 1 aliphatic rings. The van der Waals surface area contributed by atoms with E-state index in [1.54, 1.807) is 0 Å². The van der Waals surface area contributed by atoms with Crippen LogP contribution in [0.1, 0.15) is 35.7 Å². The molecule has 0 unspecified atom stereocenters. The minimum Gasteiger partial charge on any atom is -0.470 e. The summed E-state index contributed by atoms with van der Waals surface area (Å²) in [5, 5.41) is 0. The van der Waals surface area contributed by atoms with Gasteiger partial charge in [-0.1, -0.05) is 0 Å². The second-order valence-electron chi connectivity index (χ2n) is 9.10. The van der Waals surface area contributed by atoms with Gasteiger partial charge in [0, 0.05) is 37.0 Å². The van der Waals surface area contributed by atoms with E-state index < -0.39 is 30.2 Å². The fourth-order valence-electron chi connectivity index (χ4n) is 4.17. The highest BCUT2D eigenvalue weighted by Gasteiger charge is 2.35. The fraction of sp³-hybridized carbons (Fsp3) is 0.280. The summed E-state index contributed by atoms with van der Waals surface area (Å²) < 4.78 is 97.1. The minimum atomic E-state index is -4.70. The van der Waals surface area contributed by atoms with Crippen molar-refractivity contribution in [2.24, 2.45) is 7.05 Å². The summed E-state index contributed by atoms with van der Waals surface area (Å²) in [5.41, 5.74) is -0.391. The van der Waals surface area contributed by atoms with Crippen molar-refractivity contribution in [2.75, 3.05) is 0 Å². The summed E-state index contributed by atoms with van der Waals surface area (Å²) in [6.07, 6.45) is 1.29. The highest BCUT2D eigenvalue weighted by Crippen LogP contribution is 2.45. The van der Waals surface area contributed by atoms with E-state index in [0.717, 1.165) is 36.0 Å². The molecule has 0 N–H and O–H groups in total. The molecule has 5 heterocycles. The SMILES string of the molecule is Cn1cc(C(F)(F)F)nc1-c1ncc(COc2nc(-c3c(OC(F)F)ncnc3C3CC3)nc3ccoc23)cc1F. The van der Waals surface area contributed by atoms with Gasteiger partial charge in [-0.2, -0.15) is 26.9 Å². The molecule has 1 saturated carbocycles. The molecule has 1 fully saturated rings. The van der Waals surface area contributed by atoms with Crippen LogP contribution in [0.15, 0.2) is 41.5 Å². The van der Waals surface area contributed by atoms with Crippen LogP contribution < -0.4 is 9.47 Å². The first-order chi connectivity index (χ1) is 19.6. The Labute approximate surface area is 226 Å². The summed E-state index contributed by atoms with van der Waals surface area (Å²) in [7, 11) is 1.29. The quantitative estimate of drug-likeness (QED) is 0.215. The van der Waals surface area contributed by atoms with E-state index in [1.165, 1.54) is 25.6 Å². The first-order valence-electron chi connectivity index (χ1n) is 12.0. The third kappa shape index (κ3) is 5.24. The van der Waals surface area contributed by atoms with Crippen molar-refractivity contribution in [3.8, 4) is 34.7 Å². The molecule has 41 heavy (non-hydrogen) atoms. The van der Waals surface area contributed by atoms with Crippen LogP contribution in [-0.4, -0.2) is 41.1 Å². The Bertz CT molecular complexity index is 1750. The van der Waals surface area contributed by atoms with Gasteiger partial charge >= 0.3 is 12.8 Å². The predicted octanol–water partition coefficient (Wildman–Crippen LogP) is 5.69. The van der Waals surface area contributed by atoms with Crippen molar-refractivity contribution >= 4 is 11.1 Å². The van der Waals surface area contributed by atoms with Gasteiger partial charge in [0.2, 0.25) is 11.5 Å². The number of fused-ring (bicyclic) bond motifs is 1. The number of hydrogen-bond acceptors (Lipinski definition) is 9. The van der Waals surface area contributed by atoms with Crippen molar-refractivity contribution in [2.45, 2.75) is 38.2 Å². The number of nitrogens with zero attached hydrogens (tertiary/aromatic N) is 7. The van der Waals surface area contributed by atoms with Crippen LogP contribution in [0.4, 0.5) is 26.3 Å². The summed E-state index contributed by atoms with van der Waals surface area (Å²) >= 11 is 0. The Morgan fingerprint density at radius 3 is 2.59 bits per heavy atom. The maximum absolute atomic E-state index is 14.9. The van der Waals surface area contributed by atoms with Crippen LogP contribution in [0.2, 0.25) is 0 Å². The molecular weight excluding hydrogens is 560 g/mol. The van der Waals surface area contributed by atoms with Crippen molar-refractivity contribution in [3.63, 3.8) is 0 Å². The lowest BCUT2D eigenvalue weighted by Gasteiger charge is -2.13. The van der Waals surface area contributed by atoms with Crippen LogP contribution >= 0.6 is 0 Å². The average Bonchev–Trinajstić information content (AvgIpc) is 3.52. The zero-order chi connectivity index (χ0) is 28.9. The van der Waals surface area contributed by atoms with Gasteiger partial charge in [0.05, 0.1) is 12.0 Å². The minimum absolute atomic E-state index is 0.000436. The van der Waals surface area contributed by atoms with Gasteiger partial charge in [0.15, 0.2) is 23.2 Å². The van der Waals surface area contributed by atoms with Gasteiger partial charge in [-0.15, -0.1) is 0 Å². The third-order valence-electron chi connectivity index (χ3n) is 6.15. The van der Waals surface area contributed by atoms with Gasteiger partial charge in [-0.05, 0) is 18.9 Å². The number of aryl methyl sites for hydroxylation is 1. The number of hydrogen-bond donors (Lipinski definition) is 0. The summed E-state index contributed by atoms with van der Waals surface area (Å²) in [6, 6.07) is 2.55. The molecule has 0 amide bonds. The second kappa shape index (κ2) is 10.0. The molecule has 16 heteroatoms. The van der Waals surface area contributed by atoms with Gasteiger partial charge < -0.3 is 18.5 Å². The molecule has 0 bridgehead atoms. The Morgan fingerprint density at radius 1 is 1.10 bits per heavy atom. The number of aromatic nitrogens is 7. The van der Waals surface area contributed by atoms with Crippen molar-refractivity contribution in [1.29, 1.82) is 0 Å². The molecule has 0 spiro atoms. The monoisotopic (exact) mass is 577 g/mol. The van der Waals surface area contributed by atoms with E-state index in [-0.39, 0.29) is 58.0 Å². The molecule has 0 aromatic carbocycles. The van der Waals surface area contributed by atoms with Gasteiger partial charge in [-0.3, -0.25) is 0 Å². The molecule has 10 nitrogen and oxygen atoms in total. The Kier molecular flexibility index (Phi) is 6.46. The van der Waals surface area contributed by atoms with E-state index >= 15 is 0 Å². The number of imidazole rings is 1. The highest BCUT2D eigenvalue weighted by atomic mass is 19.4. The number of furan rings is 1. The summed E-state index contributed by atoms with van der Waals surface area (Å²) in [6.45, 7) is -3.44. The maximum Gasteiger partial charge on any atom is 0.434 e. The van der Waals surface area contributed by atoms with Crippen LogP contribution in [0.3, 0.4) is 0 Å². The average molecular weight is 577 g/mol. The van der Waals surface area contributed by atoms with Crippen LogP contribution in [-0.2, 0) is 19.8 Å². The Hall–Kier alpha value is -4.76. The molecule has 6 rings (SSSR count). The Balaban J connectivity index is 1.31. The van der Waals surface area contributed by atoms with E-state index in [9.17, 15) is 26.3 Å². The molecule has 5 aromatic heterocycles. The van der Waals surface area contributed by atoms with E-state index in [2.05, 4.69) is 34.6 Å². The smallest absolute Gasteiger partial charge is 0.434 e. The number of rotatable bonds is 8. The molecule has 0 radical (unpaired) electrons. The van der Waals surface area contributed by atoms with Crippen molar-refractivity contribution in [3.05, 3.63) is 59.9 Å². The second-order valence-corrected chi connectivity index (χ2v) is 9.10. The lowest BCUT2D eigenvalue weighted by atomic mass is 10.1. The van der Waals surface area contributed by atoms with Crippen molar-refractivity contribution < 1.29 is 40.2 Å². The standard InChI is InChI=1S/C25H17F6N7O3/c1-38-8-15(25(29,30)31)36-21(38)18-13(26)6-11(7-32-18)9-40-23-19-14(4-5-39-19)35-20(37-23)16-17(12-2-3-12)33-10-34-22(16)41-24(27)28/h4-8,10,12,24H,2-3,9H2,1H3. The lowest BCUT2D eigenvalue weighted by Crippen LogP contribution is -2.09. The van der Waals surface area contributed by atoms with Crippen LogP contribution in [0, 0.1) is 5.82 Å². The predicted molar refractivity (Wildman–Crippen MR) is 127 cm³/mol. The third-order valence-corrected chi connectivity index (χ3v) is 6.15. The first-order valence-corrected chi connectivity index (χ1v) is 12.0. The van der Waals surface area contributed by atoms with Gasteiger partial charge in [-0.25, -0.2) is 29.3 Å². The number of alkyl halides is 5. The summed E-state index contributed by atoms with van der Waals surface area (Å²) in [5.74, 6) is -1.76. The summed E-state index contributed by atoms with van der Waals surface area (Å²) in [4.78, 5) is 24.2. The van der Waals surface area contributed by atoms with Crippen molar-refractivity contribution in [1.82, 2.24) is 34.5 Å². The normalized spacial score (nSPS) is 13.8. The van der Waals surface area contributed by atoms with Crippen LogP contribution in [0.5, 0.6) is 11.8 Å². The molecule has 0 aliphatic heterocycles. The van der Waals surface area contributed by atoms with Crippen LogP contribution in [0.25, 0.3) is 34.0 Å². The van der Waals surface area contributed by atoms with E-state index in [0.29, 0.717) is 5.69 Å². The van der Waals surface area contributed by atoms with E-state index in [1.807, 2.05) is 0 Å². The van der Waals surface area contributed by atoms with E-state index in [4.69, 9.17) is 9.15 Å².